The number of fused-ring (bicyclic) bond motifs is 9. The van der Waals surface area contributed by atoms with E-state index in [1.165, 1.54) is 87.4 Å². The van der Waals surface area contributed by atoms with Crippen LogP contribution in [0.5, 0.6) is 0 Å². The SMILES string of the molecule is Cn1c2cccc3c2c2c(cc4c(c5ccccc5n4-c4ccccc4)c21)c1cccc2c4ccccc4n3c12. The Morgan fingerprint density at radius 1 is 0.400 bits per heavy atom. The smallest absolute Gasteiger partial charge is 0.0619 e. The maximum Gasteiger partial charge on any atom is 0.0619 e. The summed E-state index contributed by atoms with van der Waals surface area (Å²) in [6.45, 7) is 0. The predicted octanol–water partition coefficient (Wildman–Crippen LogP) is 9.58. The molecule has 0 saturated heterocycles. The number of hydrogen-bond donors (Lipinski definition) is 0. The number of aromatic nitrogens is 3. The highest BCUT2D eigenvalue weighted by Crippen LogP contribution is 2.47. The van der Waals surface area contributed by atoms with Gasteiger partial charge >= 0.3 is 0 Å². The zero-order chi connectivity index (χ0) is 26.1. The molecule has 10 rings (SSSR count). The van der Waals surface area contributed by atoms with Gasteiger partial charge in [-0.3, -0.25) is 0 Å². The van der Waals surface area contributed by atoms with E-state index in [4.69, 9.17) is 0 Å². The minimum absolute atomic E-state index is 1.18. The molecule has 0 aliphatic heterocycles. The van der Waals surface area contributed by atoms with Gasteiger partial charge in [0.1, 0.15) is 0 Å². The zero-order valence-corrected chi connectivity index (χ0v) is 21.9. The van der Waals surface area contributed by atoms with E-state index in [1.54, 1.807) is 0 Å². The molecule has 10 aromatic rings. The fourth-order valence-electron chi connectivity index (χ4n) is 7.62. The van der Waals surface area contributed by atoms with Gasteiger partial charge in [-0.05, 0) is 47.9 Å². The van der Waals surface area contributed by atoms with Gasteiger partial charge in [0.25, 0.3) is 0 Å². The van der Waals surface area contributed by atoms with E-state index >= 15 is 0 Å². The van der Waals surface area contributed by atoms with Crippen LogP contribution in [-0.4, -0.2) is 13.5 Å². The number of para-hydroxylation sites is 4. The largest absolute Gasteiger partial charge is 0.343 e. The first-order valence-electron chi connectivity index (χ1n) is 13.9. The molecular formula is C37H23N3. The summed E-state index contributed by atoms with van der Waals surface area (Å²) in [5.74, 6) is 0. The fraction of sp³-hybridized carbons (Fsp3) is 0.0270. The van der Waals surface area contributed by atoms with Crippen LogP contribution in [0.1, 0.15) is 0 Å². The van der Waals surface area contributed by atoms with Crippen LogP contribution in [0, 0.1) is 0 Å². The van der Waals surface area contributed by atoms with Crippen molar-refractivity contribution < 1.29 is 0 Å². The molecule has 4 aromatic heterocycles. The van der Waals surface area contributed by atoms with Gasteiger partial charge in [0.2, 0.25) is 0 Å². The first kappa shape index (κ1) is 20.7. The van der Waals surface area contributed by atoms with E-state index in [0.717, 1.165) is 0 Å². The Labute approximate surface area is 229 Å². The van der Waals surface area contributed by atoms with Crippen molar-refractivity contribution in [1.29, 1.82) is 0 Å². The molecule has 3 heteroatoms. The van der Waals surface area contributed by atoms with Gasteiger partial charge in [-0.15, -0.1) is 0 Å². The molecule has 3 nitrogen and oxygen atoms in total. The number of rotatable bonds is 1. The number of benzene rings is 6. The highest BCUT2D eigenvalue weighted by Gasteiger charge is 2.24. The molecule has 0 N–H and O–H groups in total. The van der Waals surface area contributed by atoms with Crippen molar-refractivity contribution in [3.05, 3.63) is 121 Å². The van der Waals surface area contributed by atoms with Gasteiger partial charge in [-0.2, -0.15) is 0 Å². The Balaban J connectivity index is 1.62. The Kier molecular flexibility index (Phi) is 3.62. The van der Waals surface area contributed by atoms with Crippen molar-refractivity contribution >= 4 is 81.7 Å². The van der Waals surface area contributed by atoms with E-state index in [1.807, 2.05) is 0 Å². The maximum absolute atomic E-state index is 2.51. The van der Waals surface area contributed by atoms with Crippen LogP contribution in [0.15, 0.2) is 121 Å². The highest BCUT2D eigenvalue weighted by molar-refractivity contribution is 6.37. The molecule has 0 aliphatic carbocycles. The summed E-state index contributed by atoms with van der Waals surface area (Å²) in [5.41, 5.74) is 10.0. The van der Waals surface area contributed by atoms with Crippen LogP contribution >= 0.6 is 0 Å². The second-order valence-corrected chi connectivity index (χ2v) is 11.0. The Bertz CT molecular complexity index is 2650. The summed E-state index contributed by atoms with van der Waals surface area (Å²) in [5, 5.41) is 10.5. The lowest BCUT2D eigenvalue weighted by molar-refractivity contribution is 1.02. The van der Waals surface area contributed by atoms with Crippen molar-refractivity contribution in [2.45, 2.75) is 0 Å². The second-order valence-electron chi connectivity index (χ2n) is 11.0. The van der Waals surface area contributed by atoms with Gasteiger partial charge in [0.05, 0.1) is 38.6 Å². The monoisotopic (exact) mass is 509 g/mol. The molecule has 40 heavy (non-hydrogen) atoms. The van der Waals surface area contributed by atoms with Crippen molar-refractivity contribution in [2.24, 2.45) is 7.05 Å². The summed E-state index contributed by atoms with van der Waals surface area (Å²) in [7, 11) is 2.24. The summed E-state index contributed by atoms with van der Waals surface area (Å²) in [6, 6.07) is 44.6. The maximum atomic E-state index is 2.51. The fourth-order valence-corrected chi connectivity index (χ4v) is 7.62. The first-order valence-corrected chi connectivity index (χ1v) is 13.9. The molecule has 0 amide bonds. The molecule has 0 aliphatic rings. The summed E-state index contributed by atoms with van der Waals surface area (Å²) in [4.78, 5) is 0. The summed E-state index contributed by atoms with van der Waals surface area (Å²) in [6.07, 6.45) is 0. The van der Waals surface area contributed by atoms with E-state index < -0.39 is 0 Å². The molecule has 4 heterocycles. The van der Waals surface area contributed by atoms with Crippen LogP contribution in [-0.2, 0) is 7.05 Å². The quantitative estimate of drug-likeness (QED) is 0.209. The van der Waals surface area contributed by atoms with Gasteiger partial charge in [0, 0.05) is 50.4 Å². The lowest BCUT2D eigenvalue weighted by Gasteiger charge is -2.09. The average Bonchev–Trinajstić information content (AvgIpc) is 3.60. The third-order valence-corrected chi connectivity index (χ3v) is 9.14. The lowest BCUT2D eigenvalue weighted by Crippen LogP contribution is -1.94. The molecule has 0 bridgehead atoms. The minimum atomic E-state index is 1.18. The molecule has 0 unspecified atom stereocenters. The van der Waals surface area contributed by atoms with Crippen molar-refractivity contribution in [3.8, 4) is 5.69 Å². The van der Waals surface area contributed by atoms with Crippen LogP contribution in [0.2, 0.25) is 0 Å². The molecule has 0 fully saturated rings. The van der Waals surface area contributed by atoms with Crippen LogP contribution in [0.3, 0.4) is 0 Å². The average molecular weight is 510 g/mol. The number of nitrogens with zero attached hydrogens (tertiary/aromatic N) is 3. The third kappa shape index (κ3) is 2.26. The first-order chi connectivity index (χ1) is 19.8. The number of hydrogen-bond acceptors (Lipinski definition) is 0. The third-order valence-electron chi connectivity index (χ3n) is 9.14. The van der Waals surface area contributed by atoms with Crippen molar-refractivity contribution in [1.82, 2.24) is 13.5 Å². The molecule has 186 valence electrons. The van der Waals surface area contributed by atoms with Crippen molar-refractivity contribution in [3.63, 3.8) is 0 Å². The van der Waals surface area contributed by atoms with Gasteiger partial charge in [-0.25, -0.2) is 0 Å². The Hall–Kier alpha value is -5.28. The standard InChI is InChI=1S/C37H23N3/c1-38-30-19-10-20-31-35(30)34-27(25-16-9-15-24-23-13-5-7-17-28(23)40(31)36(24)25)21-32-33(37(34)38)26-14-6-8-18-29(26)39(32)22-11-3-2-4-12-22/h2-21H,1H3. The molecule has 6 aromatic carbocycles. The topological polar surface area (TPSA) is 14.3 Å². The molecular weight excluding hydrogens is 486 g/mol. The molecule has 0 atom stereocenters. The summed E-state index contributed by atoms with van der Waals surface area (Å²) < 4.78 is 7.38. The number of aryl methyl sites for hydroxylation is 1. The van der Waals surface area contributed by atoms with Gasteiger partial charge < -0.3 is 13.5 Å². The molecule has 0 spiro atoms. The predicted molar refractivity (Wildman–Crippen MR) is 169 cm³/mol. The van der Waals surface area contributed by atoms with E-state index in [0.29, 0.717) is 0 Å². The van der Waals surface area contributed by atoms with Gasteiger partial charge in [0.15, 0.2) is 0 Å². The van der Waals surface area contributed by atoms with Crippen LogP contribution < -0.4 is 0 Å². The van der Waals surface area contributed by atoms with E-state index in [2.05, 4.69) is 142 Å². The zero-order valence-electron chi connectivity index (χ0n) is 21.9. The molecule has 0 radical (unpaired) electrons. The van der Waals surface area contributed by atoms with E-state index in [9.17, 15) is 0 Å². The van der Waals surface area contributed by atoms with Crippen LogP contribution in [0.4, 0.5) is 0 Å². The normalized spacial score (nSPS) is 12.6. The molecule has 0 saturated carbocycles. The van der Waals surface area contributed by atoms with E-state index in [-0.39, 0.29) is 0 Å². The second kappa shape index (κ2) is 7.02. The highest BCUT2D eigenvalue weighted by atomic mass is 15.0. The minimum Gasteiger partial charge on any atom is -0.343 e. The Morgan fingerprint density at radius 2 is 1.02 bits per heavy atom. The van der Waals surface area contributed by atoms with Crippen LogP contribution in [0.25, 0.3) is 87.4 Å². The summed E-state index contributed by atoms with van der Waals surface area (Å²) >= 11 is 0. The van der Waals surface area contributed by atoms with Crippen molar-refractivity contribution in [2.75, 3.05) is 0 Å². The van der Waals surface area contributed by atoms with Gasteiger partial charge in [-0.1, -0.05) is 78.9 Å². The lowest BCUT2D eigenvalue weighted by atomic mass is 10.0. The Morgan fingerprint density at radius 3 is 1.88 bits per heavy atom.